The van der Waals surface area contributed by atoms with Crippen molar-refractivity contribution in [2.75, 3.05) is 6.54 Å². The summed E-state index contributed by atoms with van der Waals surface area (Å²) < 4.78 is 35.9. The van der Waals surface area contributed by atoms with Crippen LogP contribution in [0.15, 0.2) is 0 Å². The molecule has 0 radical (unpaired) electrons. The summed E-state index contributed by atoms with van der Waals surface area (Å²) in [4.78, 5) is 0. The van der Waals surface area contributed by atoms with Gasteiger partial charge in [0.2, 0.25) is 0 Å². The van der Waals surface area contributed by atoms with Gasteiger partial charge in [-0.15, -0.1) is 0 Å². The Hall–Kier alpha value is -0.250. The average molecular weight is 223 g/mol. The zero-order valence-electron chi connectivity index (χ0n) is 9.45. The van der Waals surface area contributed by atoms with Gasteiger partial charge in [0.1, 0.15) is 0 Å². The molecular weight excluding hydrogens is 203 g/mol. The largest absolute Gasteiger partial charge is 0.390 e. The lowest BCUT2D eigenvalue weighted by molar-refractivity contribution is -0.134. The van der Waals surface area contributed by atoms with Gasteiger partial charge in [0.25, 0.3) is 0 Å². The average Bonchev–Trinajstić information content (AvgIpc) is 2.05. The molecule has 1 rings (SSSR count). The molecular formula is C11H20F3N. The molecule has 0 heterocycles. The summed E-state index contributed by atoms with van der Waals surface area (Å²) in [7, 11) is 0. The second-order valence-electron chi connectivity index (χ2n) is 5.11. The van der Waals surface area contributed by atoms with E-state index < -0.39 is 12.6 Å². The minimum absolute atomic E-state index is 0.0532. The highest BCUT2D eigenvalue weighted by atomic mass is 19.4. The molecule has 15 heavy (non-hydrogen) atoms. The molecule has 0 aromatic heterocycles. The highest BCUT2D eigenvalue weighted by Crippen LogP contribution is 2.35. The molecule has 0 aromatic carbocycles. The van der Waals surface area contributed by atoms with Gasteiger partial charge >= 0.3 is 6.18 Å². The summed E-state index contributed by atoms with van der Waals surface area (Å²) in [6.45, 7) is 4.33. The lowest BCUT2D eigenvalue weighted by atomic mass is 9.73. The van der Waals surface area contributed by atoms with E-state index in [1.165, 1.54) is 6.42 Å². The zero-order valence-corrected chi connectivity index (χ0v) is 9.45. The van der Waals surface area contributed by atoms with Crippen LogP contribution in [-0.2, 0) is 0 Å². The van der Waals surface area contributed by atoms with Gasteiger partial charge < -0.3 is 5.32 Å². The van der Waals surface area contributed by atoms with Gasteiger partial charge in [-0.3, -0.25) is 0 Å². The van der Waals surface area contributed by atoms with Crippen LogP contribution < -0.4 is 5.32 Å². The SMILES string of the molecule is CC1(C)CCCCC1NCCC(F)(F)F. The van der Waals surface area contributed by atoms with Gasteiger partial charge in [0, 0.05) is 12.6 Å². The maximum absolute atomic E-state index is 12.0. The first-order chi connectivity index (χ1) is 6.81. The molecule has 1 fully saturated rings. The number of rotatable bonds is 3. The third-order valence-corrected chi connectivity index (χ3v) is 3.31. The van der Waals surface area contributed by atoms with Crippen molar-refractivity contribution in [3.63, 3.8) is 0 Å². The third kappa shape index (κ3) is 4.41. The Bertz CT molecular complexity index is 198. The van der Waals surface area contributed by atoms with Gasteiger partial charge in [-0.1, -0.05) is 26.7 Å². The van der Waals surface area contributed by atoms with Crippen molar-refractivity contribution in [1.29, 1.82) is 0 Å². The van der Waals surface area contributed by atoms with E-state index in [0.717, 1.165) is 19.3 Å². The Morgan fingerprint density at radius 2 is 1.93 bits per heavy atom. The van der Waals surface area contributed by atoms with E-state index in [-0.39, 0.29) is 18.0 Å². The number of nitrogens with one attached hydrogen (secondary N) is 1. The van der Waals surface area contributed by atoms with Crippen LogP contribution in [-0.4, -0.2) is 18.8 Å². The molecule has 1 N–H and O–H groups in total. The van der Waals surface area contributed by atoms with Crippen molar-refractivity contribution in [2.24, 2.45) is 5.41 Å². The van der Waals surface area contributed by atoms with Crippen LogP contribution in [0.2, 0.25) is 0 Å². The van der Waals surface area contributed by atoms with Gasteiger partial charge in [0.05, 0.1) is 6.42 Å². The van der Waals surface area contributed by atoms with Crippen LogP contribution in [0.5, 0.6) is 0 Å². The lowest BCUT2D eigenvalue weighted by Gasteiger charge is -2.39. The van der Waals surface area contributed by atoms with Crippen LogP contribution in [0.3, 0.4) is 0 Å². The highest BCUT2D eigenvalue weighted by Gasteiger charge is 2.33. The minimum atomic E-state index is -4.04. The van der Waals surface area contributed by atoms with E-state index in [0.29, 0.717) is 0 Å². The van der Waals surface area contributed by atoms with Crippen molar-refractivity contribution in [3.8, 4) is 0 Å². The number of halogens is 3. The second-order valence-corrected chi connectivity index (χ2v) is 5.11. The van der Waals surface area contributed by atoms with Crippen LogP contribution in [0.4, 0.5) is 13.2 Å². The summed E-state index contributed by atoms with van der Waals surface area (Å²) in [6, 6.07) is 0.244. The molecule has 1 aliphatic rings. The van der Waals surface area contributed by atoms with Crippen LogP contribution >= 0.6 is 0 Å². The van der Waals surface area contributed by atoms with E-state index in [1.54, 1.807) is 0 Å². The van der Waals surface area contributed by atoms with Crippen LogP contribution in [0.1, 0.15) is 46.0 Å². The molecule has 0 spiro atoms. The van der Waals surface area contributed by atoms with Gasteiger partial charge in [0.15, 0.2) is 0 Å². The fourth-order valence-electron chi connectivity index (χ4n) is 2.26. The monoisotopic (exact) mass is 223 g/mol. The molecule has 1 aliphatic carbocycles. The van der Waals surface area contributed by atoms with Crippen LogP contribution in [0, 0.1) is 5.41 Å². The fourth-order valence-corrected chi connectivity index (χ4v) is 2.26. The van der Waals surface area contributed by atoms with Crippen LogP contribution in [0.25, 0.3) is 0 Å². The first kappa shape index (κ1) is 12.8. The Balaban J connectivity index is 2.31. The van der Waals surface area contributed by atoms with Gasteiger partial charge in [-0.25, -0.2) is 0 Å². The Morgan fingerprint density at radius 3 is 2.47 bits per heavy atom. The molecule has 4 heteroatoms. The van der Waals surface area contributed by atoms with E-state index in [1.807, 2.05) is 0 Å². The summed E-state index contributed by atoms with van der Waals surface area (Å²) >= 11 is 0. The second kappa shape index (κ2) is 4.73. The van der Waals surface area contributed by atoms with Gasteiger partial charge in [-0.05, 0) is 18.3 Å². The predicted molar refractivity (Wildman–Crippen MR) is 54.7 cm³/mol. The first-order valence-electron chi connectivity index (χ1n) is 5.61. The number of hydrogen-bond acceptors (Lipinski definition) is 1. The molecule has 0 amide bonds. The molecule has 90 valence electrons. The molecule has 1 nitrogen and oxygen atoms in total. The van der Waals surface area contributed by atoms with E-state index in [2.05, 4.69) is 19.2 Å². The third-order valence-electron chi connectivity index (χ3n) is 3.31. The van der Waals surface area contributed by atoms with Crippen molar-refractivity contribution >= 4 is 0 Å². The van der Waals surface area contributed by atoms with E-state index in [9.17, 15) is 13.2 Å². The van der Waals surface area contributed by atoms with Crippen molar-refractivity contribution < 1.29 is 13.2 Å². The summed E-state index contributed by atoms with van der Waals surface area (Å²) in [5, 5.41) is 3.05. The summed E-state index contributed by atoms with van der Waals surface area (Å²) in [5.41, 5.74) is 0.143. The number of alkyl halides is 3. The smallest absolute Gasteiger partial charge is 0.313 e. The summed E-state index contributed by atoms with van der Waals surface area (Å²) in [5.74, 6) is 0. The Labute approximate surface area is 89.4 Å². The standard InChI is InChI=1S/C11H20F3N/c1-10(2)6-4-3-5-9(10)15-8-7-11(12,13)14/h9,15H,3-8H2,1-2H3. The lowest BCUT2D eigenvalue weighted by Crippen LogP contribution is -2.45. The first-order valence-corrected chi connectivity index (χ1v) is 5.61. The molecule has 1 unspecified atom stereocenters. The molecule has 0 saturated heterocycles. The summed E-state index contributed by atoms with van der Waals surface area (Å²) in [6.07, 6.45) is -0.315. The maximum atomic E-state index is 12.0. The fraction of sp³-hybridized carbons (Fsp3) is 1.00. The molecule has 1 saturated carbocycles. The van der Waals surface area contributed by atoms with E-state index >= 15 is 0 Å². The van der Waals surface area contributed by atoms with E-state index in [4.69, 9.17) is 0 Å². The number of hydrogen-bond donors (Lipinski definition) is 1. The maximum Gasteiger partial charge on any atom is 0.390 e. The molecule has 0 aromatic rings. The highest BCUT2D eigenvalue weighted by molar-refractivity contribution is 4.87. The van der Waals surface area contributed by atoms with Crippen molar-refractivity contribution in [1.82, 2.24) is 5.32 Å². The zero-order chi connectivity index (χ0) is 11.5. The molecule has 0 bridgehead atoms. The van der Waals surface area contributed by atoms with Crippen molar-refractivity contribution in [2.45, 2.75) is 58.2 Å². The van der Waals surface area contributed by atoms with Crippen molar-refractivity contribution in [3.05, 3.63) is 0 Å². The topological polar surface area (TPSA) is 12.0 Å². The quantitative estimate of drug-likeness (QED) is 0.772. The Morgan fingerprint density at radius 1 is 1.27 bits per heavy atom. The molecule has 1 atom stereocenters. The predicted octanol–water partition coefficient (Wildman–Crippen LogP) is 3.50. The van der Waals surface area contributed by atoms with Gasteiger partial charge in [-0.2, -0.15) is 13.2 Å². The Kier molecular flexibility index (Phi) is 4.04. The molecule has 0 aliphatic heterocycles. The normalized spacial score (nSPS) is 26.6. The minimum Gasteiger partial charge on any atom is -0.313 e.